The molecule has 0 radical (unpaired) electrons. The van der Waals surface area contributed by atoms with Crippen molar-refractivity contribution in [3.05, 3.63) is 35.4 Å². The molecule has 1 aromatic rings. The topological polar surface area (TPSA) is 32.3 Å². The van der Waals surface area contributed by atoms with Gasteiger partial charge in [0.25, 0.3) is 0 Å². The number of nitrogens with zero attached hydrogens (tertiary/aromatic N) is 1. The van der Waals surface area contributed by atoms with E-state index in [1.807, 2.05) is 0 Å². The molecule has 0 spiro atoms. The largest absolute Gasteiger partial charge is 0.344 e. The molecule has 0 bridgehead atoms. The van der Waals surface area contributed by atoms with Crippen molar-refractivity contribution in [2.45, 2.75) is 12.8 Å². The quantitative estimate of drug-likeness (QED) is 0.870. The summed E-state index contributed by atoms with van der Waals surface area (Å²) < 4.78 is 25.9. The van der Waals surface area contributed by atoms with E-state index in [1.165, 1.54) is 6.07 Å². The summed E-state index contributed by atoms with van der Waals surface area (Å²) in [4.78, 5) is 13.6. The maximum absolute atomic E-state index is 13.1. The van der Waals surface area contributed by atoms with Crippen LogP contribution in [-0.4, -0.2) is 38.0 Å². The molecular weight excluding hydrogens is 238 g/mol. The summed E-state index contributed by atoms with van der Waals surface area (Å²) in [6, 6.07) is 3.55. The number of likely N-dealkylation sites (N-methyl/N-ethyl adjacent to an activating group) is 2. The van der Waals surface area contributed by atoms with Gasteiger partial charge in [-0.2, -0.15) is 0 Å². The Morgan fingerprint density at radius 2 is 2.06 bits per heavy atom. The van der Waals surface area contributed by atoms with E-state index in [1.54, 1.807) is 25.9 Å². The van der Waals surface area contributed by atoms with Gasteiger partial charge in [-0.3, -0.25) is 4.79 Å². The Balaban J connectivity index is 2.76. The maximum Gasteiger partial charge on any atom is 0.229 e. The van der Waals surface area contributed by atoms with Gasteiger partial charge in [0.05, 0.1) is 5.92 Å². The van der Waals surface area contributed by atoms with E-state index in [2.05, 4.69) is 5.32 Å². The zero-order valence-corrected chi connectivity index (χ0v) is 10.8. The molecule has 100 valence electrons. The van der Waals surface area contributed by atoms with Crippen LogP contribution in [0, 0.1) is 11.6 Å². The van der Waals surface area contributed by atoms with Crippen LogP contribution < -0.4 is 5.32 Å². The van der Waals surface area contributed by atoms with Crippen LogP contribution in [0.15, 0.2) is 18.2 Å². The zero-order valence-electron chi connectivity index (χ0n) is 10.8. The Bertz CT molecular complexity index is 423. The zero-order chi connectivity index (χ0) is 13.7. The van der Waals surface area contributed by atoms with Crippen molar-refractivity contribution in [2.24, 2.45) is 0 Å². The molecule has 5 heteroatoms. The molecule has 1 aromatic carbocycles. The first-order valence-electron chi connectivity index (χ1n) is 5.82. The molecule has 18 heavy (non-hydrogen) atoms. The van der Waals surface area contributed by atoms with Gasteiger partial charge in [-0.25, -0.2) is 8.78 Å². The van der Waals surface area contributed by atoms with Crippen LogP contribution in [0.4, 0.5) is 8.78 Å². The van der Waals surface area contributed by atoms with Crippen LogP contribution >= 0.6 is 0 Å². The highest BCUT2D eigenvalue weighted by Crippen LogP contribution is 2.19. The molecule has 1 amide bonds. The number of rotatable bonds is 5. The van der Waals surface area contributed by atoms with Gasteiger partial charge in [0.1, 0.15) is 0 Å². The number of halogens is 2. The van der Waals surface area contributed by atoms with Crippen LogP contribution in [0.3, 0.4) is 0 Å². The predicted octanol–water partition coefficient (Wildman–Crippen LogP) is 1.75. The highest BCUT2D eigenvalue weighted by atomic mass is 19.2. The van der Waals surface area contributed by atoms with Crippen LogP contribution in [0.25, 0.3) is 0 Å². The lowest BCUT2D eigenvalue weighted by Crippen LogP contribution is -2.35. The second kappa shape index (κ2) is 6.44. The highest BCUT2D eigenvalue weighted by molar-refractivity contribution is 5.83. The maximum atomic E-state index is 13.1. The van der Waals surface area contributed by atoms with Gasteiger partial charge >= 0.3 is 0 Å². The molecule has 0 aliphatic rings. The summed E-state index contributed by atoms with van der Waals surface area (Å²) in [7, 11) is 3.49. The SMILES string of the molecule is CNCCN(C)C(=O)C(C)c1ccc(F)c(F)c1. The normalized spacial score (nSPS) is 12.3. The summed E-state index contributed by atoms with van der Waals surface area (Å²) in [5.41, 5.74) is 0.482. The van der Waals surface area contributed by atoms with Gasteiger partial charge in [-0.15, -0.1) is 0 Å². The average Bonchev–Trinajstić information content (AvgIpc) is 2.37. The van der Waals surface area contributed by atoms with Crippen molar-refractivity contribution in [1.82, 2.24) is 10.2 Å². The third-order valence-corrected chi connectivity index (χ3v) is 2.89. The minimum atomic E-state index is -0.926. The fourth-order valence-electron chi connectivity index (χ4n) is 1.64. The number of hydrogen-bond donors (Lipinski definition) is 1. The first-order chi connectivity index (χ1) is 8.47. The first kappa shape index (κ1) is 14.6. The molecule has 0 aliphatic carbocycles. The molecule has 1 rings (SSSR count). The number of nitrogens with one attached hydrogen (secondary N) is 1. The third kappa shape index (κ3) is 3.50. The number of hydrogen-bond acceptors (Lipinski definition) is 2. The molecular formula is C13H18F2N2O. The van der Waals surface area contributed by atoms with E-state index >= 15 is 0 Å². The van der Waals surface area contributed by atoms with Crippen molar-refractivity contribution in [3.8, 4) is 0 Å². The Labute approximate surface area is 106 Å². The van der Waals surface area contributed by atoms with Gasteiger partial charge < -0.3 is 10.2 Å². The third-order valence-electron chi connectivity index (χ3n) is 2.89. The lowest BCUT2D eigenvalue weighted by atomic mass is 9.99. The summed E-state index contributed by atoms with van der Waals surface area (Å²) in [6.07, 6.45) is 0. The van der Waals surface area contributed by atoms with E-state index in [4.69, 9.17) is 0 Å². The number of amides is 1. The van der Waals surface area contributed by atoms with Crippen molar-refractivity contribution >= 4 is 5.91 Å². The van der Waals surface area contributed by atoms with E-state index in [0.717, 1.165) is 12.1 Å². The Hall–Kier alpha value is -1.49. The molecule has 1 unspecified atom stereocenters. The standard InChI is InChI=1S/C13H18F2N2O/c1-9(13(18)17(3)7-6-16-2)10-4-5-11(14)12(15)8-10/h4-5,8-9,16H,6-7H2,1-3H3. The van der Waals surface area contributed by atoms with Gasteiger partial charge in [0.2, 0.25) is 5.91 Å². The minimum absolute atomic E-state index is 0.115. The fraction of sp³-hybridized carbons (Fsp3) is 0.462. The molecule has 0 aliphatic heterocycles. The molecule has 0 saturated carbocycles. The van der Waals surface area contributed by atoms with Crippen LogP contribution in [0.2, 0.25) is 0 Å². The van der Waals surface area contributed by atoms with Crippen LogP contribution in [0.5, 0.6) is 0 Å². The lowest BCUT2D eigenvalue weighted by molar-refractivity contribution is -0.131. The first-order valence-corrected chi connectivity index (χ1v) is 5.82. The van der Waals surface area contributed by atoms with Crippen LogP contribution in [0.1, 0.15) is 18.4 Å². The lowest BCUT2D eigenvalue weighted by Gasteiger charge is -2.21. The van der Waals surface area contributed by atoms with Gasteiger partial charge in [-0.05, 0) is 31.7 Å². The molecule has 3 nitrogen and oxygen atoms in total. The molecule has 0 aromatic heterocycles. The fourth-order valence-corrected chi connectivity index (χ4v) is 1.64. The van der Waals surface area contributed by atoms with Crippen LogP contribution in [-0.2, 0) is 4.79 Å². The average molecular weight is 256 g/mol. The highest BCUT2D eigenvalue weighted by Gasteiger charge is 2.20. The summed E-state index contributed by atoms with van der Waals surface area (Å²) >= 11 is 0. The molecule has 0 fully saturated rings. The molecule has 0 heterocycles. The van der Waals surface area contributed by atoms with E-state index in [-0.39, 0.29) is 5.91 Å². The molecule has 1 atom stereocenters. The Morgan fingerprint density at radius 1 is 1.39 bits per heavy atom. The predicted molar refractivity (Wildman–Crippen MR) is 66.3 cm³/mol. The van der Waals surface area contributed by atoms with Crippen molar-refractivity contribution < 1.29 is 13.6 Å². The van der Waals surface area contributed by atoms with E-state index in [9.17, 15) is 13.6 Å². The summed E-state index contributed by atoms with van der Waals surface area (Å²) in [5, 5.41) is 2.95. The number of benzene rings is 1. The number of carbonyl (C=O) groups is 1. The monoisotopic (exact) mass is 256 g/mol. The van der Waals surface area contributed by atoms with Crippen molar-refractivity contribution in [2.75, 3.05) is 27.2 Å². The molecule has 1 N–H and O–H groups in total. The second-order valence-corrected chi connectivity index (χ2v) is 4.26. The molecule has 0 saturated heterocycles. The van der Waals surface area contributed by atoms with Gasteiger partial charge in [0, 0.05) is 20.1 Å². The number of carbonyl (C=O) groups excluding carboxylic acids is 1. The summed E-state index contributed by atoms with van der Waals surface area (Å²) in [6.45, 7) is 2.95. The Kier molecular flexibility index (Phi) is 5.22. The van der Waals surface area contributed by atoms with Crippen molar-refractivity contribution in [1.29, 1.82) is 0 Å². The second-order valence-electron chi connectivity index (χ2n) is 4.26. The smallest absolute Gasteiger partial charge is 0.229 e. The van der Waals surface area contributed by atoms with Gasteiger partial charge in [-0.1, -0.05) is 6.07 Å². The van der Waals surface area contributed by atoms with E-state index < -0.39 is 17.6 Å². The Morgan fingerprint density at radius 3 is 2.61 bits per heavy atom. The summed E-state index contributed by atoms with van der Waals surface area (Å²) in [5.74, 6) is -2.43. The minimum Gasteiger partial charge on any atom is -0.344 e. The van der Waals surface area contributed by atoms with Gasteiger partial charge in [0.15, 0.2) is 11.6 Å². The van der Waals surface area contributed by atoms with E-state index in [0.29, 0.717) is 18.7 Å². The van der Waals surface area contributed by atoms with Crippen molar-refractivity contribution in [3.63, 3.8) is 0 Å².